The first-order chi connectivity index (χ1) is 28.7. The summed E-state index contributed by atoms with van der Waals surface area (Å²) in [5.41, 5.74) is 17.9. The average molecular weight is 764 g/mol. The third-order valence-electron chi connectivity index (χ3n) is 12.3. The van der Waals surface area contributed by atoms with E-state index in [2.05, 4.69) is 178 Å². The Balaban J connectivity index is 1.07. The number of fused-ring (bicyclic) bond motifs is 12. The highest BCUT2D eigenvalue weighted by Gasteiger charge is 2.20. The number of ether oxygens (including phenoxy) is 1. The zero-order valence-electron chi connectivity index (χ0n) is 33.9. The number of hydrogen-bond donors (Lipinski definition) is 0. The van der Waals surface area contributed by atoms with Crippen LogP contribution in [-0.2, 0) is 0 Å². The van der Waals surface area contributed by atoms with Gasteiger partial charge in [0.05, 0.1) is 23.1 Å². The van der Waals surface area contributed by atoms with Crippen LogP contribution in [0.5, 0.6) is 11.5 Å². The maximum Gasteiger partial charge on any atom is 0.147 e. The summed E-state index contributed by atoms with van der Waals surface area (Å²) in [5, 5.41) is 6.46. The third kappa shape index (κ3) is 5.36. The smallest absolute Gasteiger partial charge is 0.147 e. The number of aryl methyl sites for hydroxylation is 6. The molecule has 6 heteroatoms. The summed E-state index contributed by atoms with van der Waals surface area (Å²) in [6.07, 6.45) is 5.93. The van der Waals surface area contributed by atoms with Crippen molar-refractivity contribution in [1.82, 2.24) is 23.8 Å². The molecule has 0 aliphatic heterocycles. The largest absolute Gasteiger partial charge is 0.457 e. The minimum absolute atomic E-state index is 0.730. The van der Waals surface area contributed by atoms with Crippen molar-refractivity contribution in [2.24, 2.45) is 0 Å². The van der Waals surface area contributed by atoms with E-state index in [-0.39, 0.29) is 0 Å². The zero-order chi connectivity index (χ0) is 40.1. The molecule has 0 aliphatic rings. The van der Waals surface area contributed by atoms with Crippen LogP contribution in [0, 0.1) is 41.5 Å². The summed E-state index contributed by atoms with van der Waals surface area (Å²) in [6.45, 7) is 13.0. The van der Waals surface area contributed by atoms with Crippen molar-refractivity contribution in [2.75, 3.05) is 0 Å². The number of imidazole rings is 2. The fourth-order valence-corrected chi connectivity index (χ4v) is 9.57. The molecule has 0 atom stereocenters. The Hall–Kier alpha value is -7.31. The van der Waals surface area contributed by atoms with Gasteiger partial charge in [0.1, 0.15) is 28.4 Å². The minimum atomic E-state index is 0.730. The highest BCUT2D eigenvalue weighted by atomic mass is 16.5. The molecule has 6 nitrogen and oxygen atoms in total. The monoisotopic (exact) mass is 763 g/mol. The van der Waals surface area contributed by atoms with Gasteiger partial charge in [-0.15, -0.1) is 0 Å². The Bertz CT molecular complexity index is 3490. The molecule has 11 rings (SSSR count). The first-order valence-corrected chi connectivity index (χ1v) is 20.2. The number of benzene rings is 6. The standard InChI is InChI=1S/C53H41N5O/c1-30-10-7-11-31(2)48(30)36-16-19-41-39-20-17-37(27-43(39)51-54-24-25-57(51)46(41)26-36)59-38-18-21-40-42-22-23-45(49-32(3)12-8-13-33(49)4)56-53(42)58-47(29-55-52(58)44(40)28-38)50-34(5)14-9-15-35(50)6/h7-29H,1-6H3. The molecule has 0 saturated carbocycles. The van der Waals surface area contributed by atoms with Crippen LogP contribution in [0.3, 0.4) is 0 Å². The lowest BCUT2D eigenvalue weighted by Gasteiger charge is -2.16. The van der Waals surface area contributed by atoms with E-state index in [9.17, 15) is 0 Å². The number of hydrogen-bond acceptors (Lipinski definition) is 4. The summed E-state index contributed by atoms with van der Waals surface area (Å²) in [5.74, 6) is 1.47. The van der Waals surface area contributed by atoms with Crippen LogP contribution in [-0.4, -0.2) is 23.8 Å². The van der Waals surface area contributed by atoms with Crippen LogP contribution >= 0.6 is 0 Å². The predicted octanol–water partition coefficient (Wildman–Crippen LogP) is 13.6. The second-order valence-corrected chi connectivity index (χ2v) is 16.0. The second-order valence-electron chi connectivity index (χ2n) is 16.0. The van der Waals surface area contributed by atoms with Gasteiger partial charge in [0, 0.05) is 45.1 Å². The number of pyridine rings is 3. The lowest BCUT2D eigenvalue weighted by Crippen LogP contribution is -2.00. The van der Waals surface area contributed by atoms with Gasteiger partial charge in [0.2, 0.25) is 0 Å². The van der Waals surface area contributed by atoms with Crippen LogP contribution < -0.4 is 4.74 Å². The molecule has 0 saturated heterocycles. The van der Waals surface area contributed by atoms with Crippen molar-refractivity contribution in [3.63, 3.8) is 0 Å². The molecule has 6 aromatic carbocycles. The Kier molecular flexibility index (Phi) is 7.76. The number of rotatable bonds is 5. The van der Waals surface area contributed by atoms with E-state index >= 15 is 0 Å². The van der Waals surface area contributed by atoms with Gasteiger partial charge in [-0.05, 0) is 151 Å². The predicted molar refractivity (Wildman–Crippen MR) is 243 cm³/mol. The molecule has 0 aliphatic carbocycles. The van der Waals surface area contributed by atoms with Crippen LogP contribution in [0.15, 0.2) is 140 Å². The summed E-state index contributed by atoms with van der Waals surface area (Å²) in [7, 11) is 0. The van der Waals surface area contributed by atoms with Gasteiger partial charge in [0.15, 0.2) is 0 Å². The van der Waals surface area contributed by atoms with E-state index in [4.69, 9.17) is 19.7 Å². The van der Waals surface area contributed by atoms with Gasteiger partial charge in [-0.2, -0.15) is 0 Å². The normalized spacial score (nSPS) is 11.9. The molecular formula is C53H41N5O. The summed E-state index contributed by atoms with van der Waals surface area (Å²) < 4.78 is 11.2. The quantitative estimate of drug-likeness (QED) is 0.164. The SMILES string of the molecule is Cc1cccc(C)c1-c1ccc2c3ccc(Oc4ccc5c(c4)c4ncc(-c6c(C)cccc6C)n4c4nc(-c6c(C)cccc6C)ccc54)cc3c3nccn3c2c1. The number of aromatic nitrogens is 5. The topological polar surface area (TPSA) is 56.7 Å². The van der Waals surface area contributed by atoms with Crippen molar-refractivity contribution in [2.45, 2.75) is 41.5 Å². The van der Waals surface area contributed by atoms with E-state index < -0.39 is 0 Å². The Labute approximate surface area is 342 Å². The van der Waals surface area contributed by atoms with E-state index in [0.717, 1.165) is 72.3 Å². The van der Waals surface area contributed by atoms with Crippen molar-refractivity contribution < 1.29 is 4.74 Å². The molecule has 0 N–H and O–H groups in total. The van der Waals surface area contributed by atoms with Crippen LogP contribution in [0.2, 0.25) is 0 Å². The fourth-order valence-electron chi connectivity index (χ4n) is 9.57. The molecule has 59 heavy (non-hydrogen) atoms. The van der Waals surface area contributed by atoms with Crippen molar-refractivity contribution in [3.05, 3.63) is 173 Å². The first-order valence-electron chi connectivity index (χ1n) is 20.2. The maximum absolute atomic E-state index is 6.74. The highest BCUT2D eigenvalue weighted by Crippen LogP contribution is 2.40. The minimum Gasteiger partial charge on any atom is -0.457 e. The Morgan fingerprint density at radius 2 is 1.02 bits per heavy atom. The van der Waals surface area contributed by atoms with Gasteiger partial charge in [-0.3, -0.25) is 8.80 Å². The van der Waals surface area contributed by atoms with Gasteiger partial charge >= 0.3 is 0 Å². The van der Waals surface area contributed by atoms with Crippen LogP contribution in [0.4, 0.5) is 0 Å². The van der Waals surface area contributed by atoms with E-state index in [0.29, 0.717) is 0 Å². The maximum atomic E-state index is 6.74. The molecule has 0 fully saturated rings. The van der Waals surface area contributed by atoms with Gasteiger partial charge in [-0.1, -0.05) is 66.7 Å². The van der Waals surface area contributed by atoms with E-state index in [1.54, 1.807) is 0 Å². The first kappa shape index (κ1) is 34.9. The highest BCUT2D eigenvalue weighted by molar-refractivity contribution is 6.14. The number of nitrogens with zero attached hydrogens (tertiary/aromatic N) is 5. The molecule has 284 valence electrons. The second kappa shape index (κ2) is 13.1. The van der Waals surface area contributed by atoms with Crippen molar-refractivity contribution in [1.29, 1.82) is 0 Å². The van der Waals surface area contributed by atoms with Gasteiger partial charge in [0.25, 0.3) is 0 Å². The summed E-state index contributed by atoms with van der Waals surface area (Å²) in [6, 6.07) is 43.2. The Morgan fingerprint density at radius 1 is 0.458 bits per heavy atom. The van der Waals surface area contributed by atoms with Gasteiger partial charge < -0.3 is 4.74 Å². The lowest BCUT2D eigenvalue weighted by molar-refractivity contribution is 0.484. The lowest BCUT2D eigenvalue weighted by atomic mass is 9.94. The van der Waals surface area contributed by atoms with Crippen LogP contribution in [0.1, 0.15) is 33.4 Å². The summed E-state index contributed by atoms with van der Waals surface area (Å²) in [4.78, 5) is 15.4. The molecule has 0 amide bonds. The van der Waals surface area contributed by atoms with Gasteiger partial charge in [-0.25, -0.2) is 15.0 Å². The molecule has 0 bridgehead atoms. The molecule has 11 aromatic rings. The van der Waals surface area contributed by atoms with E-state index in [1.165, 1.54) is 61.0 Å². The molecular weight excluding hydrogens is 723 g/mol. The fraction of sp³-hybridized carbons (Fsp3) is 0.113. The molecule has 0 unspecified atom stereocenters. The Morgan fingerprint density at radius 3 is 1.68 bits per heavy atom. The molecule has 5 aromatic heterocycles. The molecule has 0 radical (unpaired) electrons. The van der Waals surface area contributed by atoms with Crippen LogP contribution in [0.25, 0.3) is 88.4 Å². The third-order valence-corrected chi connectivity index (χ3v) is 12.3. The zero-order valence-corrected chi connectivity index (χ0v) is 33.9. The van der Waals surface area contributed by atoms with E-state index in [1.807, 2.05) is 12.4 Å². The average Bonchev–Trinajstić information content (AvgIpc) is 3.90. The van der Waals surface area contributed by atoms with Crippen molar-refractivity contribution in [3.8, 4) is 45.1 Å². The molecule has 5 heterocycles. The molecule has 0 spiro atoms. The summed E-state index contributed by atoms with van der Waals surface area (Å²) >= 11 is 0. The van der Waals surface area contributed by atoms with Crippen molar-refractivity contribution >= 4 is 54.8 Å².